The fourth-order valence-corrected chi connectivity index (χ4v) is 12.1. The van der Waals surface area contributed by atoms with Crippen LogP contribution in [0.2, 0.25) is 0 Å². The number of ether oxygens (including phenoxy) is 4. The zero-order chi connectivity index (χ0) is 60.8. The number of β-amino-alcohol motifs (C(OH)–C–C–N with tert-alkyl or cyclic N) is 1. The van der Waals surface area contributed by atoms with Crippen LogP contribution >= 0.6 is 0 Å². The Morgan fingerprint density at radius 3 is 2.38 bits per heavy atom. The fraction of sp³-hybridized carbons (Fsp3) is 0.444. The number of H-pyrrole nitrogens is 1. The molecular weight excluding hydrogens is 1120 g/mol. The number of rotatable bonds is 22. The minimum atomic E-state index is -1.01. The highest BCUT2D eigenvalue weighted by Crippen LogP contribution is 2.54. The van der Waals surface area contributed by atoms with Crippen LogP contribution in [0.5, 0.6) is 17.4 Å². The number of nitrogens with one attached hydrogen (secondary N) is 2. The second kappa shape index (κ2) is 24.7. The summed E-state index contributed by atoms with van der Waals surface area (Å²) in [7, 11) is 5.70. The van der Waals surface area contributed by atoms with Crippen molar-refractivity contribution in [2.45, 2.75) is 95.9 Å². The van der Waals surface area contributed by atoms with E-state index < -0.39 is 48.5 Å². The Morgan fingerprint density at radius 1 is 0.931 bits per heavy atom. The van der Waals surface area contributed by atoms with Crippen LogP contribution in [-0.2, 0) is 20.9 Å². The number of carbonyl (C=O) groups is 3. The number of hydrogen-bond acceptors (Lipinski definition) is 16. The minimum Gasteiger partial charge on any atom is -0.486 e. The fourth-order valence-electron chi connectivity index (χ4n) is 12.1. The van der Waals surface area contributed by atoms with Gasteiger partial charge in [0, 0.05) is 79.2 Å². The summed E-state index contributed by atoms with van der Waals surface area (Å²) in [5.41, 5.74) is 7.11. The van der Waals surface area contributed by atoms with Crippen LogP contribution in [0.3, 0.4) is 0 Å². The number of fused-ring (bicyclic) bond motifs is 2. The summed E-state index contributed by atoms with van der Waals surface area (Å²) in [6.07, 6.45) is 6.74. The summed E-state index contributed by atoms with van der Waals surface area (Å²) in [5.74, 6) is 0.194. The van der Waals surface area contributed by atoms with E-state index in [1.807, 2.05) is 68.9 Å². The first-order valence-corrected chi connectivity index (χ1v) is 29.7. The van der Waals surface area contributed by atoms with Crippen LogP contribution in [-0.4, -0.2) is 191 Å². The molecule has 3 saturated heterocycles. The highest BCUT2D eigenvalue weighted by atomic mass is 19.1. The quantitative estimate of drug-likeness (QED) is 0.0556. The van der Waals surface area contributed by atoms with Crippen LogP contribution in [0, 0.1) is 24.6 Å². The van der Waals surface area contributed by atoms with Gasteiger partial charge in [-0.15, -0.1) is 5.10 Å². The van der Waals surface area contributed by atoms with Gasteiger partial charge >= 0.3 is 6.03 Å². The minimum absolute atomic E-state index is 0.0115. The number of aromatic amines is 1. The summed E-state index contributed by atoms with van der Waals surface area (Å²) in [4.78, 5) is 58.5. The Labute approximate surface area is 502 Å². The van der Waals surface area contributed by atoms with E-state index in [4.69, 9.17) is 23.9 Å². The Morgan fingerprint density at radius 2 is 1.69 bits per heavy atom. The summed E-state index contributed by atoms with van der Waals surface area (Å²) < 4.78 is 45.1. The van der Waals surface area contributed by atoms with Gasteiger partial charge in [0.2, 0.25) is 17.7 Å². The first kappa shape index (κ1) is 58.8. The predicted molar refractivity (Wildman–Crippen MR) is 320 cm³/mol. The van der Waals surface area contributed by atoms with E-state index >= 15 is 4.39 Å². The summed E-state index contributed by atoms with van der Waals surface area (Å²) >= 11 is 0. The predicted octanol–water partition coefficient (Wildman–Crippen LogP) is 6.62. The molecule has 4 aliphatic rings. The second-order valence-corrected chi connectivity index (χ2v) is 24.1. The molecule has 4 fully saturated rings. The molecule has 4 aromatic carbocycles. The SMILES string of the molecule is CO[C@@H](C)COc1cc(OC2CN(C(=O)N3CC(CN(C)C)C3)C2)c2cc(C3CC3)c(-c3c(C)c(F)cc4[nH]ncc34)c(OCc3ccc(-c4cn([C@H](C(=O)N5C[C@H](O)C[C@H]5C(=O)N[C@@H](CO)c5ccc(-n6cncn6)cc5)C(C)C)nn4)cc3)c2n1. The molecule has 12 rings (SSSR count). The Kier molecular flexibility index (Phi) is 16.7. The molecule has 0 spiro atoms. The Bertz CT molecular complexity index is 3790. The molecule has 1 aliphatic carbocycles. The van der Waals surface area contributed by atoms with Crippen LogP contribution in [0.25, 0.3) is 49.9 Å². The molecule has 456 valence electrons. The molecular formula is C63H73FN14O9. The normalized spacial score (nSPS) is 18.3. The van der Waals surface area contributed by atoms with Crippen molar-refractivity contribution in [3.05, 3.63) is 120 Å². The smallest absolute Gasteiger partial charge is 0.320 e. The number of aliphatic hydroxyl groups is 2. The van der Waals surface area contributed by atoms with Gasteiger partial charge in [0.05, 0.1) is 61.5 Å². The van der Waals surface area contributed by atoms with Crippen LogP contribution < -0.4 is 19.5 Å². The number of likely N-dealkylation sites (tertiary alicyclic amines) is 3. The number of methoxy groups -OCH3 is 1. The second-order valence-electron chi connectivity index (χ2n) is 24.1. The van der Waals surface area contributed by atoms with E-state index in [0.717, 1.165) is 54.7 Å². The lowest BCUT2D eigenvalue weighted by atomic mass is 9.88. The average Bonchev–Trinajstić information content (AvgIpc) is 2.08. The highest BCUT2D eigenvalue weighted by Gasteiger charge is 2.44. The van der Waals surface area contributed by atoms with E-state index in [9.17, 15) is 24.6 Å². The molecule has 7 heterocycles. The first-order chi connectivity index (χ1) is 42.0. The number of amides is 4. The summed E-state index contributed by atoms with van der Waals surface area (Å²) in [6, 6.07) is 17.5. The third-order valence-electron chi connectivity index (χ3n) is 17.0. The maximum absolute atomic E-state index is 16.2. The molecule has 5 atom stereocenters. The zero-order valence-electron chi connectivity index (χ0n) is 49.8. The Balaban J connectivity index is 0.811. The number of aromatic nitrogens is 9. The van der Waals surface area contributed by atoms with E-state index in [0.29, 0.717) is 80.4 Å². The van der Waals surface area contributed by atoms with Crippen LogP contribution in [0.15, 0.2) is 91.8 Å². The van der Waals surface area contributed by atoms with Crippen LogP contribution in [0.4, 0.5) is 9.18 Å². The third-order valence-corrected chi connectivity index (χ3v) is 17.0. The Hall–Kier alpha value is -8.58. The van der Waals surface area contributed by atoms with Gasteiger partial charge in [-0.05, 0) is 99.1 Å². The molecule has 23 nitrogen and oxygen atoms in total. The van der Waals surface area contributed by atoms with Crippen molar-refractivity contribution in [2.24, 2.45) is 11.8 Å². The van der Waals surface area contributed by atoms with Gasteiger partial charge in [0.1, 0.15) is 66.8 Å². The lowest BCUT2D eigenvalue weighted by molar-refractivity contribution is -0.142. The van der Waals surface area contributed by atoms with Gasteiger partial charge in [-0.25, -0.2) is 28.5 Å². The van der Waals surface area contributed by atoms with E-state index in [-0.39, 0.29) is 62.1 Å². The van der Waals surface area contributed by atoms with Gasteiger partial charge in [0.25, 0.3) is 0 Å². The number of hydrogen-bond donors (Lipinski definition) is 4. The number of carbonyl (C=O) groups excluding carboxylic acids is 3. The molecule has 24 heteroatoms. The number of nitrogens with zero attached hydrogens (tertiary/aromatic N) is 12. The average molecular weight is 1190 g/mol. The van der Waals surface area contributed by atoms with Crippen molar-refractivity contribution in [3.8, 4) is 45.5 Å². The van der Waals surface area contributed by atoms with Crippen molar-refractivity contribution in [1.29, 1.82) is 0 Å². The number of aliphatic hydroxyl groups excluding tert-OH is 2. The highest BCUT2D eigenvalue weighted by molar-refractivity contribution is 6.05. The summed E-state index contributed by atoms with van der Waals surface area (Å²) in [6.45, 7) is 10.5. The van der Waals surface area contributed by atoms with E-state index in [2.05, 4.69) is 46.9 Å². The van der Waals surface area contributed by atoms with Gasteiger partial charge < -0.3 is 54.1 Å². The maximum Gasteiger partial charge on any atom is 0.320 e. The molecule has 0 radical (unpaired) electrons. The number of pyridine rings is 1. The van der Waals surface area contributed by atoms with Gasteiger partial charge in [-0.1, -0.05) is 55.5 Å². The molecule has 1 saturated carbocycles. The molecule has 0 bridgehead atoms. The largest absolute Gasteiger partial charge is 0.486 e. The van der Waals surface area contributed by atoms with Gasteiger partial charge in [-0.3, -0.25) is 14.7 Å². The number of urea groups is 1. The molecule has 4 aromatic heterocycles. The first-order valence-electron chi connectivity index (χ1n) is 29.7. The van der Waals surface area contributed by atoms with Crippen molar-refractivity contribution in [3.63, 3.8) is 0 Å². The number of halogens is 1. The monoisotopic (exact) mass is 1190 g/mol. The summed E-state index contributed by atoms with van der Waals surface area (Å²) in [5, 5.41) is 46.0. The molecule has 0 unspecified atom stereocenters. The number of benzene rings is 4. The van der Waals surface area contributed by atoms with Crippen molar-refractivity contribution in [2.75, 3.05) is 73.7 Å². The third kappa shape index (κ3) is 12.1. The van der Waals surface area contributed by atoms with Crippen molar-refractivity contribution >= 4 is 39.7 Å². The van der Waals surface area contributed by atoms with Gasteiger partial charge in [0.15, 0.2) is 5.75 Å². The molecule has 4 amide bonds. The zero-order valence-corrected chi connectivity index (χ0v) is 49.8. The molecule has 8 aromatic rings. The van der Waals surface area contributed by atoms with Crippen LogP contribution in [0.1, 0.15) is 80.3 Å². The molecule has 3 aliphatic heterocycles. The van der Waals surface area contributed by atoms with E-state index in [1.54, 1.807) is 67.8 Å². The van der Waals surface area contributed by atoms with Crippen molar-refractivity contribution < 1.29 is 47.9 Å². The maximum atomic E-state index is 16.2. The molecule has 4 N–H and O–H groups in total. The lowest BCUT2D eigenvalue weighted by Crippen LogP contribution is -2.64. The lowest BCUT2D eigenvalue weighted by Gasteiger charge is -2.47. The standard InChI is InChI=1S/C63H73FN14O9/c1-35(2)59(62(82)76-26-44(80)18-53(76)61(81)68-52(30-79)42-14-16-43(17-15-42)78-34-65-33-67-78)77-29-51(71-72-77)41-10-8-38(9-11-41)32-86-60-57(56-37(4)49(64)20-50-48(56)22-66-70-50)46(40-12-13-40)19-47-54(21-55(69-58(47)60)85-31-36(3)84-7)87-45-27-75(28-45)63(83)74-24-39(25-74)23-73(5)6/h8-11,14-17,19-22,29,33-36,39-40,44-45,52-53,59,79-80H,12-13,18,23-28,30-32H2,1-7H3,(H,66,70)(H,68,81)/t36-,44+,52-,53-,59-/m0/s1. The van der Waals surface area contributed by atoms with Gasteiger partial charge in [-0.2, -0.15) is 10.2 Å². The van der Waals surface area contributed by atoms with Crippen molar-refractivity contribution in [1.82, 2.24) is 69.9 Å². The molecule has 87 heavy (non-hydrogen) atoms. The van der Waals surface area contributed by atoms with E-state index in [1.165, 1.54) is 22.0 Å². The topological polar surface area (TPSA) is 257 Å².